The molecular formula is C15H19ClF3NO2. The molecule has 1 saturated heterocycles. The number of hydrogen-bond donors (Lipinski definition) is 2. The van der Waals surface area contributed by atoms with E-state index in [1.165, 1.54) is 6.07 Å². The SMILES string of the molecule is CC(C(=O)O)[C@H]1CCN[C@@H](c2cccc(C(F)(F)F)c2)C1.Cl. The Bertz CT molecular complexity index is 522. The quantitative estimate of drug-likeness (QED) is 0.879. The molecule has 0 radical (unpaired) electrons. The molecular weight excluding hydrogens is 319 g/mol. The van der Waals surface area contributed by atoms with E-state index in [2.05, 4.69) is 5.32 Å². The van der Waals surface area contributed by atoms with Crippen molar-refractivity contribution in [2.45, 2.75) is 32.0 Å². The lowest BCUT2D eigenvalue weighted by molar-refractivity contribution is -0.143. The Morgan fingerprint density at radius 2 is 2.09 bits per heavy atom. The number of piperidine rings is 1. The monoisotopic (exact) mass is 337 g/mol. The number of carboxylic acids is 1. The van der Waals surface area contributed by atoms with Crippen molar-refractivity contribution in [3.05, 3.63) is 35.4 Å². The van der Waals surface area contributed by atoms with Gasteiger partial charge < -0.3 is 10.4 Å². The number of rotatable bonds is 3. The fraction of sp³-hybridized carbons (Fsp3) is 0.533. The molecule has 0 amide bonds. The Labute approximate surface area is 133 Å². The summed E-state index contributed by atoms with van der Waals surface area (Å²) in [5.74, 6) is -1.37. The molecule has 2 N–H and O–H groups in total. The number of alkyl halides is 3. The summed E-state index contributed by atoms with van der Waals surface area (Å²) < 4.78 is 38.2. The molecule has 0 spiro atoms. The normalized spacial score (nSPS) is 23.5. The fourth-order valence-corrected chi connectivity index (χ4v) is 2.79. The van der Waals surface area contributed by atoms with Crippen LogP contribution < -0.4 is 5.32 Å². The van der Waals surface area contributed by atoms with Crippen LogP contribution in [0.4, 0.5) is 13.2 Å². The molecule has 3 nitrogen and oxygen atoms in total. The molecule has 124 valence electrons. The lowest BCUT2D eigenvalue weighted by Crippen LogP contribution is -2.36. The largest absolute Gasteiger partial charge is 0.481 e. The lowest BCUT2D eigenvalue weighted by Gasteiger charge is -2.33. The van der Waals surface area contributed by atoms with Gasteiger partial charge in [-0.3, -0.25) is 4.79 Å². The van der Waals surface area contributed by atoms with E-state index in [4.69, 9.17) is 5.11 Å². The van der Waals surface area contributed by atoms with Gasteiger partial charge in [-0.1, -0.05) is 19.1 Å². The number of benzene rings is 1. The lowest BCUT2D eigenvalue weighted by atomic mass is 9.81. The molecule has 1 aliphatic heterocycles. The van der Waals surface area contributed by atoms with Crippen LogP contribution in [0, 0.1) is 11.8 Å². The molecule has 1 fully saturated rings. The molecule has 1 heterocycles. The highest BCUT2D eigenvalue weighted by Crippen LogP contribution is 2.35. The highest BCUT2D eigenvalue weighted by molar-refractivity contribution is 5.85. The van der Waals surface area contributed by atoms with Gasteiger partial charge in [-0.15, -0.1) is 12.4 Å². The number of carboxylic acid groups (broad SMARTS) is 1. The van der Waals surface area contributed by atoms with Gasteiger partial charge in [0.2, 0.25) is 0 Å². The van der Waals surface area contributed by atoms with Gasteiger partial charge in [0.25, 0.3) is 0 Å². The second-order valence-electron chi connectivity index (χ2n) is 5.54. The molecule has 1 aromatic carbocycles. The highest BCUT2D eigenvalue weighted by Gasteiger charge is 2.33. The van der Waals surface area contributed by atoms with Crippen molar-refractivity contribution in [1.29, 1.82) is 0 Å². The smallest absolute Gasteiger partial charge is 0.416 e. The summed E-state index contributed by atoms with van der Waals surface area (Å²) in [6.07, 6.45) is -3.10. The first kappa shape index (κ1) is 18.8. The van der Waals surface area contributed by atoms with Gasteiger partial charge >= 0.3 is 12.1 Å². The molecule has 0 aromatic heterocycles. The van der Waals surface area contributed by atoms with Crippen LogP contribution in [0.2, 0.25) is 0 Å². The molecule has 0 aliphatic carbocycles. The maximum atomic E-state index is 12.7. The average molecular weight is 338 g/mol. The van der Waals surface area contributed by atoms with Crippen LogP contribution in [0.25, 0.3) is 0 Å². The Hall–Kier alpha value is -1.27. The number of nitrogens with one attached hydrogen (secondary N) is 1. The molecule has 22 heavy (non-hydrogen) atoms. The number of hydrogen-bond acceptors (Lipinski definition) is 2. The van der Waals surface area contributed by atoms with Crippen molar-refractivity contribution in [3.8, 4) is 0 Å². The molecule has 1 aromatic rings. The van der Waals surface area contributed by atoms with Crippen LogP contribution in [-0.2, 0) is 11.0 Å². The van der Waals surface area contributed by atoms with Crippen molar-refractivity contribution in [2.75, 3.05) is 6.54 Å². The van der Waals surface area contributed by atoms with Gasteiger partial charge in [-0.05, 0) is 43.0 Å². The zero-order valence-corrected chi connectivity index (χ0v) is 12.9. The third kappa shape index (κ3) is 4.36. The second-order valence-corrected chi connectivity index (χ2v) is 5.54. The van der Waals surface area contributed by atoms with Crippen molar-refractivity contribution in [3.63, 3.8) is 0 Å². The topological polar surface area (TPSA) is 49.3 Å². The van der Waals surface area contributed by atoms with E-state index in [9.17, 15) is 18.0 Å². The molecule has 3 atom stereocenters. The summed E-state index contributed by atoms with van der Waals surface area (Å²) in [4.78, 5) is 11.1. The molecule has 2 rings (SSSR count). The number of halogens is 4. The predicted molar refractivity (Wildman–Crippen MR) is 79.0 cm³/mol. The van der Waals surface area contributed by atoms with Crippen molar-refractivity contribution in [2.24, 2.45) is 11.8 Å². The zero-order chi connectivity index (χ0) is 15.6. The minimum absolute atomic E-state index is 0. The van der Waals surface area contributed by atoms with Gasteiger partial charge in [0, 0.05) is 6.04 Å². The van der Waals surface area contributed by atoms with Crippen molar-refractivity contribution < 1.29 is 23.1 Å². The number of carbonyl (C=O) groups is 1. The maximum Gasteiger partial charge on any atom is 0.416 e. The van der Waals surface area contributed by atoms with Crippen molar-refractivity contribution >= 4 is 18.4 Å². The zero-order valence-electron chi connectivity index (χ0n) is 12.1. The van der Waals surface area contributed by atoms with Crippen LogP contribution in [0.15, 0.2) is 24.3 Å². The maximum absolute atomic E-state index is 12.7. The Balaban J connectivity index is 0.00000242. The standard InChI is InChI=1S/C15H18F3NO2.ClH/c1-9(14(20)21)10-5-6-19-13(8-10)11-3-2-4-12(7-11)15(16,17)18;/h2-4,7,9-10,13,19H,5-6,8H2,1H3,(H,20,21);1H/t9?,10-,13+;/m0./s1. The average Bonchev–Trinajstić information content (AvgIpc) is 2.46. The van der Waals surface area contributed by atoms with Crippen LogP contribution in [0.5, 0.6) is 0 Å². The van der Waals surface area contributed by atoms with E-state index in [-0.39, 0.29) is 24.4 Å². The first-order valence-electron chi connectivity index (χ1n) is 6.92. The summed E-state index contributed by atoms with van der Waals surface area (Å²) in [6, 6.07) is 5.01. The summed E-state index contributed by atoms with van der Waals surface area (Å²) in [5, 5.41) is 12.3. The third-order valence-electron chi connectivity index (χ3n) is 4.16. The summed E-state index contributed by atoms with van der Waals surface area (Å²) >= 11 is 0. The molecule has 1 aliphatic rings. The van der Waals surface area contributed by atoms with Gasteiger partial charge in [0.1, 0.15) is 0 Å². The van der Waals surface area contributed by atoms with E-state index in [0.29, 0.717) is 18.5 Å². The van der Waals surface area contributed by atoms with Crippen LogP contribution in [0.1, 0.15) is 36.9 Å². The first-order chi connectivity index (χ1) is 9.79. The van der Waals surface area contributed by atoms with Crippen LogP contribution in [0.3, 0.4) is 0 Å². The van der Waals surface area contributed by atoms with Gasteiger partial charge in [-0.2, -0.15) is 13.2 Å². The van der Waals surface area contributed by atoms with E-state index in [1.54, 1.807) is 13.0 Å². The van der Waals surface area contributed by atoms with Crippen LogP contribution >= 0.6 is 12.4 Å². The molecule has 7 heteroatoms. The Morgan fingerprint density at radius 3 is 2.68 bits per heavy atom. The van der Waals surface area contributed by atoms with E-state index in [0.717, 1.165) is 18.6 Å². The van der Waals surface area contributed by atoms with Gasteiger partial charge in [0.05, 0.1) is 11.5 Å². The highest BCUT2D eigenvalue weighted by atomic mass is 35.5. The molecule has 0 bridgehead atoms. The molecule has 1 unspecified atom stereocenters. The molecule has 0 saturated carbocycles. The van der Waals surface area contributed by atoms with E-state index in [1.807, 2.05) is 0 Å². The minimum atomic E-state index is -4.36. The van der Waals surface area contributed by atoms with Gasteiger partial charge in [0.15, 0.2) is 0 Å². The van der Waals surface area contributed by atoms with Crippen molar-refractivity contribution in [1.82, 2.24) is 5.32 Å². The Kier molecular flexibility index (Phi) is 6.26. The third-order valence-corrected chi connectivity index (χ3v) is 4.16. The first-order valence-corrected chi connectivity index (χ1v) is 6.92. The Morgan fingerprint density at radius 1 is 1.41 bits per heavy atom. The fourth-order valence-electron chi connectivity index (χ4n) is 2.79. The van der Waals surface area contributed by atoms with E-state index < -0.39 is 23.6 Å². The number of aliphatic carboxylic acids is 1. The van der Waals surface area contributed by atoms with Crippen LogP contribution in [-0.4, -0.2) is 17.6 Å². The second kappa shape index (κ2) is 7.33. The predicted octanol–water partition coefficient (Wildman–Crippen LogP) is 3.89. The summed E-state index contributed by atoms with van der Waals surface area (Å²) in [7, 11) is 0. The summed E-state index contributed by atoms with van der Waals surface area (Å²) in [6.45, 7) is 2.27. The summed E-state index contributed by atoms with van der Waals surface area (Å²) in [5.41, 5.74) is -0.109. The minimum Gasteiger partial charge on any atom is -0.481 e. The van der Waals surface area contributed by atoms with E-state index >= 15 is 0 Å². The van der Waals surface area contributed by atoms with Gasteiger partial charge in [-0.25, -0.2) is 0 Å².